The van der Waals surface area contributed by atoms with Gasteiger partial charge in [-0.3, -0.25) is 4.79 Å². The Labute approximate surface area is 140 Å². The van der Waals surface area contributed by atoms with Gasteiger partial charge < -0.3 is 10.6 Å². The van der Waals surface area contributed by atoms with E-state index in [0.29, 0.717) is 5.92 Å². The Kier molecular flexibility index (Phi) is 3.79. The average molecular weight is 324 g/mol. The number of rotatable bonds is 2. The van der Waals surface area contributed by atoms with Crippen LogP contribution in [0.25, 0.3) is 11.6 Å². The number of nitrogens with one attached hydrogen (secondary N) is 2. The van der Waals surface area contributed by atoms with E-state index in [0.717, 1.165) is 47.6 Å². The van der Waals surface area contributed by atoms with Crippen LogP contribution in [0.5, 0.6) is 0 Å². The highest BCUT2D eigenvalue weighted by Gasteiger charge is 2.30. The molecule has 23 heavy (non-hydrogen) atoms. The molecule has 1 aromatic carbocycles. The van der Waals surface area contributed by atoms with Gasteiger partial charge in [-0.05, 0) is 68.6 Å². The Morgan fingerprint density at radius 1 is 1.17 bits per heavy atom. The standard InChI is InChI=1S/C19H20N2OS/c1-12-5-6-14(23-12)11-16-18-15(13-7-9-20-10-8-13)3-2-4-17(18)21-19(16)22/h2-6,11,13,20H,7-10H2,1H3,(H,21,22). The van der Waals surface area contributed by atoms with Crippen molar-refractivity contribution in [2.45, 2.75) is 25.7 Å². The van der Waals surface area contributed by atoms with Crippen molar-refractivity contribution in [3.8, 4) is 0 Å². The lowest BCUT2D eigenvalue weighted by atomic mass is 9.85. The van der Waals surface area contributed by atoms with Gasteiger partial charge in [0.15, 0.2) is 0 Å². The predicted octanol–water partition coefficient (Wildman–Crippen LogP) is 4.02. The predicted molar refractivity (Wildman–Crippen MR) is 96.8 cm³/mol. The highest BCUT2D eigenvalue weighted by atomic mass is 32.1. The molecule has 0 saturated carbocycles. The summed E-state index contributed by atoms with van der Waals surface area (Å²) in [6, 6.07) is 10.5. The van der Waals surface area contributed by atoms with Gasteiger partial charge in [-0.15, -0.1) is 11.3 Å². The average Bonchev–Trinajstić information content (AvgIpc) is 3.12. The highest BCUT2D eigenvalue weighted by Crippen LogP contribution is 2.41. The molecule has 1 fully saturated rings. The zero-order valence-corrected chi connectivity index (χ0v) is 14.0. The molecular weight excluding hydrogens is 304 g/mol. The number of carbonyl (C=O) groups is 1. The van der Waals surface area contributed by atoms with Crippen LogP contribution >= 0.6 is 11.3 Å². The minimum atomic E-state index is 0.0208. The van der Waals surface area contributed by atoms with Crippen molar-refractivity contribution < 1.29 is 4.79 Å². The third-order valence-electron chi connectivity index (χ3n) is 4.69. The number of thiophene rings is 1. The lowest BCUT2D eigenvalue weighted by Crippen LogP contribution is -2.27. The third-order valence-corrected chi connectivity index (χ3v) is 5.63. The van der Waals surface area contributed by atoms with Crippen LogP contribution in [-0.4, -0.2) is 19.0 Å². The monoisotopic (exact) mass is 324 g/mol. The largest absolute Gasteiger partial charge is 0.321 e. The molecule has 1 saturated heterocycles. The Balaban J connectivity index is 1.80. The molecule has 3 heterocycles. The van der Waals surface area contributed by atoms with E-state index in [9.17, 15) is 4.79 Å². The SMILES string of the molecule is Cc1ccc(C=C2C(=O)Nc3cccc(C4CCNCC4)c32)s1. The van der Waals surface area contributed by atoms with Crippen molar-refractivity contribution in [3.05, 3.63) is 51.2 Å². The van der Waals surface area contributed by atoms with E-state index in [-0.39, 0.29) is 5.91 Å². The second-order valence-corrected chi connectivity index (χ2v) is 7.57. The first-order chi connectivity index (χ1) is 11.2. The van der Waals surface area contributed by atoms with Gasteiger partial charge >= 0.3 is 0 Å². The number of fused-ring (bicyclic) bond motifs is 1. The number of anilines is 1. The first kappa shape index (κ1) is 14.7. The highest BCUT2D eigenvalue weighted by molar-refractivity contribution is 7.12. The zero-order chi connectivity index (χ0) is 15.8. The minimum absolute atomic E-state index is 0.0208. The molecule has 0 atom stereocenters. The van der Waals surface area contributed by atoms with Crippen molar-refractivity contribution in [2.75, 3.05) is 18.4 Å². The van der Waals surface area contributed by atoms with Crippen LogP contribution in [0.15, 0.2) is 30.3 Å². The van der Waals surface area contributed by atoms with Crippen LogP contribution in [0.3, 0.4) is 0 Å². The molecule has 0 aliphatic carbocycles. The Hall–Kier alpha value is -1.91. The van der Waals surface area contributed by atoms with Gasteiger partial charge in [-0.25, -0.2) is 0 Å². The summed E-state index contributed by atoms with van der Waals surface area (Å²) in [5.41, 5.74) is 4.22. The lowest BCUT2D eigenvalue weighted by Gasteiger charge is -2.24. The number of carbonyl (C=O) groups excluding carboxylic acids is 1. The van der Waals surface area contributed by atoms with E-state index >= 15 is 0 Å². The van der Waals surface area contributed by atoms with Crippen LogP contribution in [0.4, 0.5) is 5.69 Å². The molecule has 4 rings (SSSR count). The second kappa shape index (κ2) is 5.95. The number of benzene rings is 1. The van der Waals surface area contributed by atoms with E-state index < -0.39 is 0 Å². The summed E-state index contributed by atoms with van der Waals surface area (Å²) in [5, 5.41) is 6.46. The Morgan fingerprint density at radius 2 is 2.00 bits per heavy atom. The summed E-state index contributed by atoms with van der Waals surface area (Å²) in [6.45, 7) is 4.20. The maximum Gasteiger partial charge on any atom is 0.256 e. The van der Waals surface area contributed by atoms with Gasteiger partial charge in [-0.1, -0.05) is 12.1 Å². The van der Waals surface area contributed by atoms with Gasteiger partial charge in [0.05, 0.1) is 5.57 Å². The van der Waals surface area contributed by atoms with Crippen molar-refractivity contribution in [2.24, 2.45) is 0 Å². The maximum atomic E-state index is 12.5. The smallest absolute Gasteiger partial charge is 0.256 e. The Morgan fingerprint density at radius 3 is 2.74 bits per heavy atom. The molecule has 2 aromatic rings. The third kappa shape index (κ3) is 2.73. The van der Waals surface area contributed by atoms with Crippen molar-refractivity contribution >= 4 is 34.6 Å². The summed E-state index contributed by atoms with van der Waals surface area (Å²) < 4.78 is 0. The summed E-state index contributed by atoms with van der Waals surface area (Å²) in [7, 11) is 0. The normalized spacial score (nSPS) is 19.9. The topological polar surface area (TPSA) is 41.1 Å². The fourth-order valence-electron chi connectivity index (χ4n) is 3.56. The van der Waals surface area contributed by atoms with Crippen LogP contribution in [0, 0.1) is 6.92 Å². The molecule has 0 radical (unpaired) electrons. The van der Waals surface area contributed by atoms with Crippen molar-refractivity contribution in [1.82, 2.24) is 5.32 Å². The molecular formula is C19H20N2OS. The molecule has 0 unspecified atom stereocenters. The van der Waals surface area contributed by atoms with E-state index in [4.69, 9.17) is 0 Å². The molecule has 2 aliphatic heterocycles. The Bertz CT molecular complexity index is 784. The number of aryl methyl sites for hydroxylation is 1. The summed E-state index contributed by atoms with van der Waals surface area (Å²) in [6.07, 6.45) is 4.31. The fourth-order valence-corrected chi connectivity index (χ4v) is 4.38. The van der Waals surface area contributed by atoms with Crippen molar-refractivity contribution in [1.29, 1.82) is 0 Å². The molecule has 4 heteroatoms. The lowest BCUT2D eigenvalue weighted by molar-refractivity contribution is -0.110. The van der Waals surface area contributed by atoms with Crippen molar-refractivity contribution in [3.63, 3.8) is 0 Å². The fraction of sp³-hybridized carbons (Fsp3) is 0.316. The number of piperidine rings is 1. The van der Waals surface area contributed by atoms with Gasteiger partial charge in [-0.2, -0.15) is 0 Å². The number of hydrogen-bond acceptors (Lipinski definition) is 3. The summed E-state index contributed by atoms with van der Waals surface area (Å²) >= 11 is 1.73. The van der Waals surface area contributed by atoms with Crippen LogP contribution in [0.1, 0.15) is 39.6 Å². The van der Waals surface area contributed by atoms with Crippen LogP contribution in [-0.2, 0) is 4.79 Å². The molecule has 0 spiro atoms. The molecule has 2 N–H and O–H groups in total. The molecule has 1 aromatic heterocycles. The molecule has 2 aliphatic rings. The first-order valence-electron chi connectivity index (χ1n) is 8.16. The van der Waals surface area contributed by atoms with Crippen LogP contribution < -0.4 is 10.6 Å². The second-order valence-electron chi connectivity index (χ2n) is 6.25. The minimum Gasteiger partial charge on any atom is -0.321 e. The van der Waals surface area contributed by atoms with Gasteiger partial charge in [0, 0.05) is 21.0 Å². The molecule has 1 amide bonds. The summed E-state index contributed by atoms with van der Waals surface area (Å²) in [4.78, 5) is 14.9. The molecule has 118 valence electrons. The van der Waals surface area contributed by atoms with Crippen LogP contribution in [0.2, 0.25) is 0 Å². The molecule has 3 nitrogen and oxygen atoms in total. The number of amides is 1. The van der Waals surface area contributed by atoms with Gasteiger partial charge in [0.25, 0.3) is 5.91 Å². The summed E-state index contributed by atoms with van der Waals surface area (Å²) in [5.74, 6) is 0.555. The zero-order valence-electron chi connectivity index (χ0n) is 13.2. The van der Waals surface area contributed by atoms with E-state index in [2.05, 4.69) is 41.8 Å². The van der Waals surface area contributed by atoms with E-state index in [1.807, 2.05) is 12.1 Å². The van der Waals surface area contributed by atoms with Gasteiger partial charge in [0.2, 0.25) is 0 Å². The first-order valence-corrected chi connectivity index (χ1v) is 8.97. The molecule has 0 bridgehead atoms. The van der Waals surface area contributed by atoms with Gasteiger partial charge in [0.1, 0.15) is 0 Å². The van der Waals surface area contributed by atoms with E-state index in [1.165, 1.54) is 10.4 Å². The maximum absolute atomic E-state index is 12.5. The number of hydrogen-bond donors (Lipinski definition) is 2. The quantitative estimate of drug-likeness (QED) is 0.819. The van der Waals surface area contributed by atoms with E-state index in [1.54, 1.807) is 11.3 Å².